The van der Waals surface area contributed by atoms with Crippen LogP contribution in [-0.2, 0) is 19.1 Å². The highest BCUT2D eigenvalue weighted by Gasteiger charge is 2.31. The summed E-state index contributed by atoms with van der Waals surface area (Å²) in [5, 5.41) is 17.7. The molecule has 5 nitrogen and oxygen atoms in total. The number of amidine groups is 1. The van der Waals surface area contributed by atoms with Crippen LogP contribution in [0.15, 0.2) is 70.9 Å². The SMILES string of the molecule is C=N/N=C(/Cc1ccc(OC)c(O)c1)N(Cc1ccc(C(F)(F)F)cc1F)c1ccc(F)cc1.CS. The maximum absolute atomic E-state index is 14.6. The van der Waals surface area contributed by atoms with Gasteiger partial charge in [-0.25, -0.2) is 8.78 Å². The lowest BCUT2D eigenvalue weighted by molar-refractivity contribution is -0.137. The average Bonchev–Trinajstić information content (AvgIpc) is 2.84. The number of hydrogen-bond donors (Lipinski definition) is 2. The van der Waals surface area contributed by atoms with E-state index in [0.29, 0.717) is 17.3 Å². The fourth-order valence-corrected chi connectivity index (χ4v) is 3.27. The molecule has 0 aliphatic heterocycles. The number of methoxy groups -OCH3 is 1. The number of phenols is 1. The van der Waals surface area contributed by atoms with Gasteiger partial charge in [0.1, 0.15) is 17.5 Å². The zero-order valence-electron chi connectivity index (χ0n) is 19.4. The molecule has 11 heteroatoms. The Kier molecular flexibility index (Phi) is 10.3. The number of nitrogens with zero attached hydrogens (tertiary/aromatic N) is 3. The average molecular weight is 526 g/mol. The van der Waals surface area contributed by atoms with Crippen LogP contribution in [0.1, 0.15) is 16.7 Å². The number of phenolic OH excluding ortho intramolecular Hbond substituents is 1. The van der Waals surface area contributed by atoms with Gasteiger partial charge in [0.25, 0.3) is 0 Å². The van der Waals surface area contributed by atoms with E-state index in [2.05, 4.69) is 29.5 Å². The fraction of sp³-hybridized carbons (Fsp3) is 0.200. The highest BCUT2D eigenvalue weighted by Crippen LogP contribution is 2.31. The molecule has 1 N–H and O–H groups in total. The lowest BCUT2D eigenvalue weighted by Crippen LogP contribution is -2.32. The van der Waals surface area contributed by atoms with E-state index in [1.54, 1.807) is 18.4 Å². The van der Waals surface area contributed by atoms with Crippen LogP contribution in [0.3, 0.4) is 0 Å². The molecule has 3 aromatic rings. The molecule has 0 spiro atoms. The van der Waals surface area contributed by atoms with Gasteiger partial charge in [0.15, 0.2) is 11.5 Å². The molecule has 0 heterocycles. The standard InChI is InChI=1S/C24H20F5N3O2.CH4S/c1-30-31-23(12-15-3-10-22(34-2)21(33)11-15)32(19-8-6-18(25)7-9-19)14-16-4-5-17(13-20(16)26)24(27,28)29;1-2/h3-11,13,33H,1,12,14H2,2H3;2H,1H3/b31-23-;. The van der Waals surface area contributed by atoms with Crippen molar-refractivity contribution in [2.24, 2.45) is 10.2 Å². The predicted molar refractivity (Wildman–Crippen MR) is 134 cm³/mol. The Hall–Kier alpha value is -3.60. The lowest BCUT2D eigenvalue weighted by atomic mass is 10.1. The first-order valence-electron chi connectivity index (χ1n) is 10.3. The molecular formula is C25H24F5N3O2S. The zero-order chi connectivity index (χ0) is 26.9. The molecule has 0 aliphatic carbocycles. The van der Waals surface area contributed by atoms with Gasteiger partial charge in [-0.3, -0.25) is 0 Å². The van der Waals surface area contributed by atoms with Crippen molar-refractivity contribution in [3.8, 4) is 11.5 Å². The Bertz CT molecular complexity index is 1200. The highest BCUT2D eigenvalue weighted by molar-refractivity contribution is 7.79. The van der Waals surface area contributed by atoms with E-state index in [1.807, 2.05) is 0 Å². The van der Waals surface area contributed by atoms with Gasteiger partial charge >= 0.3 is 6.18 Å². The van der Waals surface area contributed by atoms with Crippen molar-refractivity contribution in [2.45, 2.75) is 19.1 Å². The minimum atomic E-state index is -4.69. The predicted octanol–water partition coefficient (Wildman–Crippen LogP) is 6.51. The van der Waals surface area contributed by atoms with Gasteiger partial charge in [0.2, 0.25) is 0 Å². The van der Waals surface area contributed by atoms with Crippen molar-refractivity contribution < 1.29 is 31.8 Å². The van der Waals surface area contributed by atoms with Crippen LogP contribution in [0.25, 0.3) is 0 Å². The quantitative estimate of drug-likeness (QED) is 0.122. The van der Waals surface area contributed by atoms with Crippen LogP contribution in [0.2, 0.25) is 0 Å². The Morgan fingerprint density at radius 1 is 1.03 bits per heavy atom. The van der Waals surface area contributed by atoms with Gasteiger partial charge < -0.3 is 14.7 Å². The van der Waals surface area contributed by atoms with Crippen LogP contribution >= 0.6 is 12.6 Å². The molecule has 0 amide bonds. The number of alkyl halides is 3. The summed E-state index contributed by atoms with van der Waals surface area (Å²) in [5.74, 6) is -1.20. The minimum absolute atomic E-state index is 0.0494. The number of aromatic hydroxyl groups is 1. The summed E-state index contributed by atoms with van der Waals surface area (Å²) in [6.07, 6.45) is -2.91. The third kappa shape index (κ3) is 7.45. The van der Waals surface area contributed by atoms with Gasteiger partial charge in [-0.2, -0.15) is 30.9 Å². The Labute approximate surface area is 211 Å². The lowest BCUT2D eigenvalue weighted by Gasteiger charge is -2.26. The number of hydrogen-bond acceptors (Lipinski definition) is 5. The van der Waals surface area contributed by atoms with Crippen LogP contribution in [-0.4, -0.2) is 31.0 Å². The smallest absolute Gasteiger partial charge is 0.416 e. The summed E-state index contributed by atoms with van der Waals surface area (Å²) < 4.78 is 72.0. The molecule has 0 aromatic heterocycles. The largest absolute Gasteiger partial charge is 0.504 e. The number of ether oxygens (including phenoxy) is 1. The first kappa shape index (κ1) is 28.6. The maximum Gasteiger partial charge on any atom is 0.416 e. The summed E-state index contributed by atoms with van der Waals surface area (Å²) in [6.45, 7) is 3.12. The number of halogens is 5. The van der Waals surface area contributed by atoms with Crippen LogP contribution < -0.4 is 9.64 Å². The fourth-order valence-electron chi connectivity index (χ4n) is 3.27. The molecule has 3 aromatic carbocycles. The summed E-state index contributed by atoms with van der Waals surface area (Å²) in [4.78, 5) is 1.47. The van der Waals surface area contributed by atoms with Crippen molar-refractivity contribution in [1.29, 1.82) is 0 Å². The van der Waals surface area contributed by atoms with Gasteiger partial charge in [0.05, 0.1) is 19.2 Å². The summed E-state index contributed by atoms with van der Waals surface area (Å²) >= 11 is 3.53. The third-order valence-corrected chi connectivity index (χ3v) is 4.95. The Morgan fingerprint density at radius 2 is 1.69 bits per heavy atom. The minimum Gasteiger partial charge on any atom is -0.504 e. The van der Waals surface area contributed by atoms with E-state index in [0.717, 1.165) is 12.1 Å². The molecule has 0 fully saturated rings. The normalized spacial score (nSPS) is 11.4. The van der Waals surface area contributed by atoms with E-state index < -0.39 is 23.4 Å². The first-order chi connectivity index (χ1) is 17.1. The van der Waals surface area contributed by atoms with Gasteiger partial charge in [-0.1, -0.05) is 12.1 Å². The van der Waals surface area contributed by atoms with Gasteiger partial charge in [-0.15, -0.1) is 5.10 Å². The molecule has 0 saturated carbocycles. The second-order valence-electron chi connectivity index (χ2n) is 7.21. The molecule has 36 heavy (non-hydrogen) atoms. The first-order valence-corrected chi connectivity index (χ1v) is 11.2. The van der Waals surface area contributed by atoms with Gasteiger partial charge in [0, 0.05) is 24.4 Å². The van der Waals surface area contributed by atoms with E-state index >= 15 is 0 Å². The van der Waals surface area contributed by atoms with Crippen LogP contribution in [0.5, 0.6) is 11.5 Å². The molecule has 0 saturated heterocycles. The maximum atomic E-state index is 14.6. The topological polar surface area (TPSA) is 57.4 Å². The van der Waals surface area contributed by atoms with Gasteiger partial charge in [-0.05, 0) is 60.4 Å². The van der Waals surface area contributed by atoms with Crippen molar-refractivity contribution >= 4 is 30.9 Å². The molecular weight excluding hydrogens is 501 g/mol. The molecule has 0 unspecified atom stereocenters. The van der Waals surface area contributed by atoms with E-state index in [1.165, 1.54) is 42.3 Å². The van der Waals surface area contributed by atoms with E-state index in [9.17, 15) is 27.1 Å². The number of anilines is 1. The molecule has 192 valence electrons. The van der Waals surface area contributed by atoms with E-state index in [-0.39, 0.29) is 35.9 Å². The molecule has 3 rings (SSSR count). The van der Waals surface area contributed by atoms with Crippen molar-refractivity contribution in [3.63, 3.8) is 0 Å². The van der Waals surface area contributed by atoms with Crippen LogP contribution in [0, 0.1) is 11.6 Å². The summed E-state index contributed by atoms with van der Waals surface area (Å²) in [7, 11) is 1.40. The second-order valence-corrected chi connectivity index (χ2v) is 7.21. The van der Waals surface area contributed by atoms with Crippen LogP contribution in [0.4, 0.5) is 27.6 Å². The van der Waals surface area contributed by atoms with Crippen molar-refractivity contribution in [1.82, 2.24) is 0 Å². The summed E-state index contributed by atoms with van der Waals surface area (Å²) in [6, 6.07) is 12.1. The number of rotatable bonds is 7. The molecule has 0 bridgehead atoms. The number of benzene rings is 3. The second kappa shape index (κ2) is 12.9. The highest BCUT2D eigenvalue weighted by atomic mass is 32.1. The molecule has 0 atom stereocenters. The number of thiol groups is 1. The molecule has 0 radical (unpaired) electrons. The van der Waals surface area contributed by atoms with Crippen molar-refractivity contribution in [3.05, 3.63) is 89.0 Å². The zero-order valence-corrected chi connectivity index (χ0v) is 20.3. The molecule has 0 aliphatic rings. The third-order valence-electron chi connectivity index (χ3n) is 4.95. The Balaban J connectivity index is 0.00000222. The van der Waals surface area contributed by atoms with E-state index in [4.69, 9.17) is 4.74 Å². The summed E-state index contributed by atoms with van der Waals surface area (Å²) in [5.41, 5.74) is -0.189. The van der Waals surface area contributed by atoms with Crippen molar-refractivity contribution in [2.75, 3.05) is 18.3 Å². The Morgan fingerprint density at radius 3 is 2.22 bits per heavy atom. The monoisotopic (exact) mass is 525 g/mol.